The number of thiophene rings is 1. The van der Waals surface area contributed by atoms with E-state index in [1.54, 1.807) is 4.90 Å². The SMILES string of the molecule is Cc1nn(Cc2ccc(Cl)cc2)c2sc(C(=O)N3CCCN(CC(F)(F)F)CC3)cc12. The van der Waals surface area contributed by atoms with Gasteiger partial charge in [-0.25, -0.2) is 0 Å². The maximum Gasteiger partial charge on any atom is 0.401 e. The van der Waals surface area contributed by atoms with Crippen LogP contribution in [-0.2, 0) is 6.54 Å². The Hall–Kier alpha value is -2.10. The minimum Gasteiger partial charge on any atom is -0.337 e. The summed E-state index contributed by atoms with van der Waals surface area (Å²) in [6.07, 6.45) is -3.70. The molecule has 0 N–H and O–H groups in total. The predicted octanol–water partition coefficient (Wildman–Crippen LogP) is 4.82. The largest absolute Gasteiger partial charge is 0.401 e. The fraction of sp³-hybridized carbons (Fsp3) is 0.429. The summed E-state index contributed by atoms with van der Waals surface area (Å²) >= 11 is 7.33. The van der Waals surface area contributed by atoms with E-state index >= 15 is 0 Å². The van der Waals surface area contributed by atoms with Crippen molar-refractivity contribution in [1.82, 2.24) is 19.6 Å². The summed E-state index contributed by atoms with van der Waals surface area (Å²) in [5.74, 6) is -0.132. The van der Waals surface area contributed by atoms with Crippen molar-refractivity contribution in [2.24, 2.45) is 0 Å². The molecule has 3 heterocycles. The standard InChI is InChI=1S/C21H22ClF3N4OS/c1-14-17-11-18(19(30)28-8-2-7-27(9-10-28)13-21(23,24)25)31-20(17)29(26-14)12-15-3-5-16(22)6-4-15/h3-6,11H,2,7-10,12-13H2,1H3. The number of amides is 1. The van der Waals surface area contributed by atoms with Crippen LogP contribution in [0.25, 0.3) is 10.2 Å². The van der Waals surface area contributed by atoms with Gasteiger partial charge in [0.1, 0.15) is 4.83 Å². The van der Waals surface area contributed by atoms with Crippen LogP contribution in [0.5, 0.6) is 0 Å². The van der Waals surface area contributed by atoms with Gasteiger partial charge < -0.3 is 4.90 Å². The third-order valence-corrected chi connectivity index (χ3v) is 6.73. The van der Waals surface area contributed by atoms with E-state index in [2.05, 4.69) is 5.10 Å². The van der Waals surface area contributed by atoms with Crippen LogP contribution >= 0.6 is 22.9 Å². The molecule has 3 aromatic rings. The van der Waals surface area contributed by atoms with Crippen LogP contribution in [0.3, 0.4) is 0 Å². The number of carbonyl (C=O) groups excluding carboxylic acids is 1. The highest BCUT2D eigenvalue weighted by atomic mass is 35.5. The van der Waals surface area contributed by atoms with Gasteiger partial charge in [0.25, 0.3) is 5.91 Å². The molecule has 1 aromatic carbocycles. The van der Waals surface area contributed by atoms with Gasteiger partial charge in [-0.2, -0.15) is 18.3 Å². The minimum absolute atomic E-state index is 0.132. The number of aromatic nitrogens is 2. The summed E-state index contributed by atoms with van der Waals surface area (Å²) in [7, 11) is 0. The summed E-state index contributed by atoms with van der Waals surface area (Å²) in [4.78, 5) is 17.6. The van der Waals surface area contributed by atoms with E-state index in [1.807, 2.05) is 41.9 Å². The number of fused-ring (bicyclic) bond motifs is 1. The fourth-order valence-corrected chi connectivity index (χ4v) is 5.08. The van der Waals surface area contributed by atoms with Gasteiger partial charge in [-0.15, -0.1) is 11.3 Å². The highest BCUT2D eigenvalue weighted by molar-refractivity contribution is 7.20. The second kappa shape index (κ2) is 8.80. The van der Waals surface area contributed by atoms with Crippen molar-refractivity contribution in [1.29, 1.82) is 0 Å². The van der Waals surface area contributed by atoms with Crippen molar-refractivity contribution in [2.45, 2.75) is 26.1 Å². The molecule has 1 fully saturated rings. The van der Waals surface area contributed by atoms with Crippen molar-refractivity contribution < 1.29 is 18.0 Å². The fourth-order valence-electron chi connectivity index (χ4n) is 3.83. The van der Waals surface area contributed by atoms with Crippen LogP contribution in [0.2, 0.25) is 5.02 Å². The van der Waals surface area contributed by atoms with E-state index in [1.165, 1.54) is 16.2 Å². The number of hydrogen-bond acceptors (Lipinski definition) is 4. The van der Waals surface area contributed by atoms with Crippen LogP contribution in [-0.4, -0.2) is 64.4 Å². The highest BCUT2D eigenvalue weighted by Gasteiger charge is 2.32. The summed E-state index contributed by atoms with van der Waals surface area (Å²) in [6, 6.07) is 9.38. The zero-order valence-electron chi connectivity index (χ0n) is 17.0. The Labute approximate surface area is 187 Å². The lowest BCUT2D eigenvalue weighted by Gasteiger charge is -2.22. The Bertz CT molecular complexity index is 1080. The van der Waals surface area contributed by atoms with Gasteiger partial charge in [0.2, 0.25) is 0 Å². The average Bonchev–Trinajstić information content (AvgIpc) is 3.17. The monoisotopic (exact) mass is 470 g/mol. The highest BCUT2D eigenvalue weighted by Crippen LogP contribution is 2.30. The second-order valence-electron chi connectivity index (χ2n) is 7.74. The molecule has 1 amide bonds. The maximum atomic E-state index is 13.1. The number of halogens is 4. The first-order valence-electron chi connectivity index (χ1n) is 9.99. The first kappa shape index (κ1) is 22.1. The molecule has 1 saturated heterocycles. The van der Waals surface area contributed by atoms with Crippen molar-refractivity contribution in [3.63, 3.8) is 0 Å². The lowest BCUT2D eigenvalue weighted by molar-refractivity contribution is -0.145. The normalized spacial score (nSPS) is 16.1. The molecule has 0 bridgehead atoms. The summed E-state index contributed by atoms with van der Waals surface area (Å²) in [6.45, 7) is 2.84. The number of carbonyl (C=O) groups is 1. The molecule has 1 aliphatic rings. The average molecular weight is 471 g/mol. The topological polar surface area (TPSA) is 41.4 Å². The third-order valence-electron chi connectivity index (χ3n) is 5.34. The van der Waals surface area contributed by atoms with Gasteiger partial charge in [0.15, 0.2) is 0 Å². The first-order chi connectivity index (χ1) is 14.7. The van der Waals surface area contributed by atoms with Gasteiger partial charge in [0.05, 0.1) is 23.7 Å². The molecule has 31 heavy (non-hydrogen) atoms. The van der Waals surface area contributed by atoms with E-state index in [-0.39, 0.29) is 12.5 Å². The number of rotatable bonds is 4. The van der Waals surface area contributed by atoms with Gasteiger partial charge in [-0.1, -0.05) is 23.7 Å². The number of alkyl halides is 3. The Morgan fingerprint density at radius 3 is 2.61 bits per heavy atom. The zero-order chi connectivity index (χ0) is 22.2. The Balaban J connectivity index is 1.50. The zero-order valence-corrected chi connectivity index (χ0v) is 18.5. The van der Waals surface area contributed by atoms with Crippen LogP contribution < -0.4 is 0 Å². The Morgan fingerprint density at radius 1 is 1.16 bits per heavy atom. The van der Waals surface area contributed by atoms with E-state index in [0.29, 0.717) is 42.5 Å². The van der Waals surface area contributed by atoms with Gasteiger partial charge in [0, 0.05) is 36.6 Å². The smallest absolute Gasteiger partial charge is 0.337 e. The molecule has 4 rings (SSSR count). The molecule has 166 valence electrons. The third kappa shape index (κ3) is 5.22. The van der Waals surface area contributed by atoms with Gasteiger partial charge in [-0.3, -0.25) is 14.4 Å². The van der Waals surface area contributed by atoms with Gasteiger partial charge in [-0.05, 0) is 37.1 Å². The number of nitrogens with zero attached hydrogens (tertiary/aromatic N) is 4. The molecule has 0 aliphatic carbocycles. The lowest BCUT2D eigenvalue weighted by atomic mass is 10.2. The number of aryl methyl sites for hydroxylation is 1. The molecule has 0 spiro atoms. The molecule has 0 unspecified atom stereocenters. The molecular formula is C21H22ClF3N4OS. The summed E-state index contributed by atoms with van der Waals surface area (Å²) < 4.78 is 40.0. The van der Waals surface area contributed by atoms with Crippen LogP contribution in [0, 0.1) is 6.92 Å². The minimum atomic E-state index is -4.22. The first-order valence-corrected chi connectivity index (χ1v) is 11.2. The molecule has 0 radical (unpaired) electrons. The van der Waals surface area contributed by atoms with E-state index in [4.69, 9.17) is 11.6 Å². The van der Waals surface area contributed by atoms with Crippen molar-refractivity contribution >= 4 is 39.1 Å². The maximum absolute atomic E-state index is 13.1. The molecule has 1 aliphatic heterocycles. The Morgan fingerprint density at radius 2 is 1.90 bits per heavy atom. The van der Waals surface area contributed by atoms with Crippen molar-refractivity contribution in [3.05, 3.63) is 51.5 Å². The molecule has 2 aromatic heterocycles. The van der Waals surface area contributed by atoms with E-state index in [9.17, 15) is 18.0 Å². The van der Waals surface area contributed by atoms with Crippen molar-refractivity contribution in [3.8, 4) is 0 Å². The number of benzene rings is 1. The Kier molecular flexibility index (Phi) is 6.27. The van der Waals surface area contributed by atoms with Gasteiger partial charge >= 0.3 is 6.18 Å². The van der Waals surface area contributed by atoms with Crippen molar-refractivity contribution in [2.75, 3.05) is 32.7 Å². The number of hydrogen-bond donors (Lipinski definition) is 0. The van der Waals surface area contributed by atoms with Crippen LogP contribution in [0.1, 0.15) is 27.3 Å². The molecule has 10 heteroatoms. The second-order valence-corrected chi connectivity index (χ2v) is 9.20. The van der Waals surface area contributed by atoms with E-state index in [0.717, 1.165) is 21.5 Å². The predicted molar refractivity (Wildman–Crippen MR) is 116 cm³/mol. The van der Waals surface area contributed by atoms with Crippen LogP contribution in [0.4, 0.5) is 13.2 Å². The summed E-state index contributed by atoms with van der Waals surface area (Å²) in [5, 5.41) is 6.19. The molecule has 5 nitrogen and oxygen atoms in total. The molecule has 0 atom stereocenters. The quantitative estimate of drug-likeness (QED) is 0.549. The molecule has 0 saturated carbocycles. The lowest BCUT2D eigenvalue weighted by Crippen LogP contribution is -2.38. The summed E-state index contributed by atoms with van der Waals surface area (Å²) in [5.41, 5.74) is 1.89. The van der Waals surface area contributed by atoms with Crippen LogP contribution in [0.15, 0.2) is 30.3 Å². The molecular weight excluding hydrogens is 449 g/mol. The van der Waals surface area contributed by atoms with E-state index < -0.39 is 12.7 Å².